The van der Waals surface area contributed by atoms with Crippen LogP contribution in [0.4, 0.5) is 0 Å². The third-order valence-corrected chi connectivity index (χ3v) is 5.27. The van der Waals surface area contributed by atoms with Crippen molar-refractivity contribution in [3.05, 3.63) is 71.1 Å². The fraction of sp³-hybridized carbons (Fsp3) is 0.462. The van der Waals surface area contributed by atoms with E-state index < -0.39 is 18.2 Å². The van der Waals surface area contributed by atoms with E-state index in [2.05, 4.69) is 11.9 Å². The van der Waals surface area contributed by atoms with Crippen molar-refractivity contribution in [3.8, 4) is 0 Å². The van der Waals surface area contributed by atoms with Crippen molar-refractivity contribution >= 4 is 12.0 Å². The molecule has 0 saturated carbocycles. The highest BCUT2D eigenvalue weighted by molar-refractivity contribution is 5.89. The van der Waals surface area contributed by atoms with Gasteiger partial charge in [0, 0.05) is 12.1 Å². The van der Waals surface area contributed by atoms with Crippen molar-refractivity contribution in [3.63, 3.8) is 0 Å². The Bertz CT molecular complexity index is 834. The monoisotopic (exact) mass is 425 g/mol. The highest BCUT2D eigenvalue weighted by Crippen LogP contribution is 2.19. The number of hydrogen-bond acceptors (Lipinski definition) is 5. The first kappa shape index (κ1) is 24.8. The van der Waals surface area contributed by atoms with E-state index in [1.807, 2.05) is 24.3 Å². The number of methoxy groups -OCH3 is 1. The van der Waals surface area contributed by atoms with Crippen molar-refractivity contribution in [1.29, 1.82) is 0 Å². The molecule has 0 radical (unpaired) electrons. The number of carbonyl (C=O) groups is 1. The Morgan fingerprint density at radius 3 is 2.58 bits per heavy atom. The number of aliphatic hydroxyl groups is 2. The normalized spacial score (nSPS) is 13.3. The smallest absolute Gasteiger partial charge is 0.337 e. The van der Waals surface area contributed by atoms with Gasteiger partial charge in [-0.2, -0.15) is 0 Å². The molecule has 0 aliphatic rings. The summed E-state index contributed by atoms with van der Waals surface area (Å²) in [4.78, 5) is 16.3. The lowest BCUT2D eigenvalue weighted by atomic mass is 10.0. The maximum Gasteiger partial charge on any atom is 0.337 e. The molecular formula is C26H35NO4. The second-order valence-corrected chi connectivity index (χ2v) is 7.87. The lowest BCUT2D eigenvalue weighted by Crippen LogP contribution is -2.07. The number of aliphatic hydroxyl groups excluding tert-OH is 2. The van der Waals surface area contributed by atoms with Crippen LogP contribution in [0.25, 0.3) is 6.08 Å². The van der Waals surface area contributed by atoms with E-state index in [0.717, 1.165) is 30.7 Å². The number of ether oxygens (including phenoxy) is 1. The Morgan fingerprint density at radius 1 is 1.06 bits per heavy atom. The molecule has 0 amide bonds. The van der Waals surface area contributed by atoms with Gasteiger partial charge in [0.25, 0.3) is 0 Å². The summed E-state index contributed by atoms with van der Waals surface area (Å²) in [7, 11) is 1.33. The van der Waals surface area contributed by atoms with Gasteiger partial charge in [-0.15, -0.1) is 0 Å². The molecule has 0 bridgehead atoms. The molecule has 1 aromatic carbocycles. The van der Waals surface area contributed by atoms with Crippen molar-refractivity contribution in [2.75, 3.05) is 7.11 Å². The summed E-state index contributed by atoms with van der Waals surface area (Å²) < 4.78 is 4.74. The van der Waals surface area contributed by atoms with Crippen LogP contribution in [-0.2, 0) is 11.2 Å². The summed E-state index contributed by atoms with van der Waals surface area (Å²) in [6.45, 7) is 2.21. The highest BCUT2D eigenvalue weighted by atomic mass is 16.5. The molecule has 5 heteroatoms. The van der Waals surface area contributed by atoms with Gasteiger partial charge >= 0.3 is 5.97 Å². The first-order valence-electron chi connectivity index (χ1n) is 11.2. The Balaban J connectivity index is 1.88. The predicted octanol–water partition coefficient (Wildman–Crippen LogP) is 5.27. The van der Waals surface area contributed by atoms with Crippen LogP contribution in [-0.4, -0.2) is 34.4 Å². The Kier molecular flexibility index (Phi) is 11.0. The number of rotatable bonds is 13. The van der Waals surface area contributed by atoms with Gasteiger partial charge in [-0.3, -0.25) is 4.98 Å². The molecule has 0 fully saturated rings. The van der Waals surface area contributed by atoms with E-state index in [0.29, 0.717) is 17.5 Å². The Hall–Kier alpha value is -2.50. The zero-order valence-corrected chi connectivity index (χ0v) is 18.7. The number of aromatic nitrogens is 1. The minimum Gasteiger partial charge on any atom is -0.465 e. The van der Waals surface area contributed by atoms with Crippen LogP contribution >= 0.6 is 0 Å². The first-order chi connectivity index (χ1) is 15.0. The second-order valence-electron chi connectivity index (χ2n) is 7.87. The lowest BCUT2D eigenvalue weighted by molar-refractivity contribution is 0.0600. The van der Waals surface area contributed by atoms with E-state index in [1.54, 1.807) is 30.3 Å². The van der Waals surface area contributed by atoms with Gasteiger partial charge in [-0.1, -0.05) is 69.7 Å². The fourth-order valence-electron chi connectivity index (χ4n) is 3.45. The maximum absolute atomic E-state index is 11.7. The number of hydrogen-bond donors (Lipinski definition) is 2. The van der Waals surface area contributed by atoms with Crippen molar-refractivity contribution < 1.29 is 19.7 Å². The number of esters is 1. The lowest BCUT2D eigenvalue weighted by Gasteiger charge is -2.12. The average molecular weight is 426 g/mol. The third-order valence-electron chi connectivity index (χ3n) is 5.27. The topological polar surface area (TPSA) is 79.7 Å². The van der Waals surface area contributed by atoms with Crippen molar-refractivity contribution in [2.24, 2.45) is 0 Å². The largest absolute Gasteiger partial charge is 0.465 e. The molecule has 0 aliphatic heterocycles. The molecule has 2 rings (SSSR count). The summed E-state index contributed by atoms with van der Waals surface area (Å²) in [5.41, 5.74) is 2.53. The molecule has 0 aliphatic carbocycles. The van der Waals surface area contributed by atoms with E-state index >= 15 is 0 Å². The molecule has 31 heavy (non-hydrogen) atoms. The molecule has 168 valence electrons. The molecule has 2 atom stereocenters. The number of pyridine rings is 1. The van der Waals surface area contributed by atoms with E-state index in [1.165, 1.54) is 32.8 Å². The highest BCUT2D eigenvalue weighted by Gasteiger charge is 2.13. The van der Waals surface area contributed by atoms with Crippen molar-refractivity contribution in [2.45, 2.75) is 70.5 Å². The van der Waals surface area contributed by atoms with Crippen LogP contribution in [0.15, 0.2) is 48.5 Å². The third kappa shape index (κ3) is 9.03. The summed E-state index contributed by atoms with van der Waals surface area (Å²) in [5, 5.41) is 20.8. The van der Waals surface area contributed by atoms with Crippen LogP contribution < -0.4 is 0 Å². The van der Waals surface area contributed by atoms with Gasteiger partial charge in [0.05, 0.1) is 30.6 Å². The van der Waals surface area contributed by atoms with Crippen molar-refractivity contribution in [1.82, 2.24) is 4.98 Å². The zero-order chi connectivity index (χ0) is 22.5. The summed E-state index contributed by atoms with van der Waals surface area (Å²) in [6.07, 6.45) is 10.7. The van der Waals surface area contributed by atoms with Gasteiger partial charge in [0.1, 0.15) is 0 Å². The first-order valence-corrected chi connectivity index (χ1v) is 11.2. The van der Waals surface area contributed by atoms with E-state index in [9.17, 15) is 15.0 Å². The van der Waals surface area contributed by atoms with Crippen LogP contribution in [0, 0.1) is 0 Å². The number of unbranched alkanes of at least 4 members (excludes halogenated alkanes) is 5. The molecule has 2 N–H and O–H groups in total. The summed E-state index contributed by atoms with van der Waals surface area (Å²) in [5.74, 6) is -0.432. The molecule has 0 spiro atoms. The predicted molar refractivity (Wildman–Crippen MR) is 124 cm³/mol. The van der Waals surface area contributed by atoms with Crippen LogP contribution in [0.5, 0.6) is 0 Å². The summed E-state index contributed by atoms with van der Waals surface area (Å²) >= 11 is 0. The Morgan fingerprint density at radius 2 is 1.81 bits per heavy atom. The number of carbonyl (C=O) groups excluding carboxylic acids is 1. The van der Waals surface area contributed by atoms with Gasteiger partial charge in [0.15, 0.2) is 0 Å². The van der Waals surface area contributed by atoms with E-state index in [-0.39, 0.29) is 0 Å². The summed E-state index contributed by atoms with van der Waals surface area (Å²) in [6, 6.07) is 12.4. The molecule has 5 nitrogen and oxygen atoms in total. The number of benzene rings is 1. The molecule has 2 aromatic rings. The molecule has 0 saturated heterocycles. The zero-order valence-electron chi connectivity index (χ0n) is 18.7. The van der Waals surface area contributed by atoms with Gasteiger partial charge in [-0.25, -0.2) is 4.79 Å². The standard InChI is InChI=1S/C26H35NO4/c1-3-4-5-6-7-8-15-24(28)17-16-22-13-10-14-23(27-22)19-25(29)20-11-9-12-21(18-20)26(30)31-2/h9-14,16-18,24-25,28-29H,3-8,15,19H2,1-2H3/b17-16+/t24-,25-/m0/s1. The Labute approximate surface area is 185 Å². The van der Waals surface area contributed by atoms with Gasteiger partial charge in [0.2, 0.25) is 0 Å². The quantitative estimate of drug-likeness (QED) is 0.338. The average Bonchev–Trinajstić information content (AvgIpc) is 2.79. The van der Waals surface area contributed by atoms with E-state index in [4.69, 9.17) is 4.74 Å². The van der Waals surface area contributed by atoms with Gasteiger partial charge < -0.3 is 14.9 Å². The minimum atomic E-state index is -0.783. The molecule has 1 heterocycles. The molecule has 1 aromatic heterocycles. The second kappa shape index (κ2) is 13.7. The fourth-order valence-corrected chi connectivity index (χ4v) is 3.45. The molecular weight excluding hydrogens is 390 g/mol. The maximum atomic E-state index is 11.7. The van der Waals surface area contributed by atoms with Crippen LogP contribution in [0.2, 0.25) is 0 Å². The number of nitrogens with zero attached hydrogens (tertiary/aromatic N) is 1. The van der Waals surface area contributed by atoms with Crippen LogP contribution in [0.1, 0.15) is 85.3 Å². The minimum absolute atomic E-state index is 0.326. The SMILES string of the molecule is CCCCCCCC[C@H](O)/C=C/c1cccc(C[C@H](O)c2cccc(C(=O)OC)c2)n1. The molecule has 0 unspecified atom stereocenters. The van der Waals surface area contributed by atoms with Crippen LogP contribution in [0.3, 0.4) is 0 Å². The van der Waals surface area contributed by atoms with Gasteiger partial charge in [-0.05, 0) is 42.3 Å².